The molecular weight excluding hydrogens is 439 g/mol. The molecule has 0 saturated heterocycles. The minimum Gasteiger partial charge on any atom is -0.488 e. The fraction of sp³-hybridized carbons (Fsp3) is 0.440. The maximum Gasteiger partial charge on any atom is 0.323 e. The van der Waals surface area contributed by atoms with Gasteiger partial charge in [0.05, 0.1) is 19.1 Å². The second-order valence-corrected chi connectivity index (χ2v) is 9.06. The van der Waals surface area contributed by atoms with Gasteiger partial charge in [-0.2, -0.15) is 0 Å². The fourth-order valence-electron chi connectivity index (χ4n) is 3.91. The Morgan fingerprint density at radius 3 is 2.50 bits per heavy atom. The third-order valence-corrected chi connectivity index (χ3v) is 5.82. The highest BCUT2D eigenvalue weighted by atomic mass is 19.1. The van der Waals surface area contributed by atoms with E-state index >= 15 is 0 Å². The fourth-order valence-corrected chi connectivity index (χ4v) is 3.91. The van der Waals surface area contributed by atoms with Crippen molar-refractivity contribution in [1.82, 2.24) is 9.80 Å². The molecule has 0 aliphatic carbocycles. The van der Waals surface area contributed by atoms with Crippen LogP contribution in [0.5, 0.6) is 5.75 Å². The molecule has 0 unspecified atom stereocenters. The summed E-state index contributed by atoms with van der Waals surface area (Å²) < 4.78 is 19.5. The predicted octanol–water partition coefficient (Wildman–Crippen LogP) is 3.18. The lowest BCUT2D eigenvalue weighted by atomic mass is 10.0. The van der Waals surface area contributed by atoms with Gasteiger partial charge in [-0.1, -0.05) is 6.92 Å². The van der Waals surface area contributed by atoms with Crippen molar-refractivity contribution < 1.29 is 23.8 Å². The average molecular weight is 473 g/mol. The lowest BCUT2D eigenvalue weighted by Gasteiger charge is -2.33. The van der Waals surface area contributed by atoms with E-state index in [4.69, 9.17) is 4.74 Å². The van der Waals surface area contributed by atoms with Gasteiger partial charge in [-0.05, 0) is 63.5 Å². The summed E-state index contributed by atoms with van der Waals surface area (Å²) in [6.45, 7) is 4.87. The number of carbonyl (C=O) groups excluding carboxylic acids is 2. The number of aliphatic hydroxyl groups is 1. The number of likely N-dealkylation sites (N-methyl/N-ethyl adjacent to an activating group) is 1. The number of aliphatic hydroxyl groups excluding tert-OH is 1. The van der Waals surface area contributed by atoms with Crippen LogP contribution >= 0.6 is 0 Å². The number of rotatable bonds is 6. The molecule has 1 aliphatic heterocycles. The predicted molar refractivity (Wildman–Crippen MR) is 130 cm³/mol. The molecular formula is C25H33FN4O4. The number of fused-ring (bicyclic) bond motifs is 1. The van der Waals surface area contributed by atoms with Gasteiger partial charge in [0.2, 0.25) is 5.91 Å². The van der Waals surface area contributed by atoms with Crippen LogP contribution in [0.4, 0.5) is 20.6 Å². The summed E-state index contributed by atoms with van der Waals surface area (Å²) in [5.74, 6) is 0.122. The van der Waals surface area contributed by atoms with Crippen molar-refractivity contribution in [2.45, 2.75) is 32.4 Å². The molecule has 2 aromatic rings. The summed E-state index contributed by atoms with van der Waals surface area (Å²) in [6.07, 6.45) is -0.0930. The van der Waals surface area contributed by atoms with Crippen molar-refractivity contribution in [3.05, 3.63) is 53.8 Å². The molecule has 8 nitrogen and oxygen atoms in total. The molecule has 0 radical (unpaired) electrons. The molecule has 0 spiro atoms. The molecule has 34 heavy (non-hydrogen) atoms. The highest BCUT2D eigenvalue weighted by Gasteiger charge is 2.30. The van der Waals surface area contributed by atoms with Gasteiger partial charge >= 0.3 is 6.03 Å². The monoisotopic (exact) mass is 472 g/mol. The second kappa shape index (κ2) is 11.3. The average Bonchev–Trinajstić information content (AvgIpc) is 2.82. The van der Waals surface area contributed by atoms with Gasteiger partial charge in [-0.15, -0.1) is 0 Å². The number of carbonyl (C=O) groups is 2. The molecule has 1 heterocycles. The first-order valence-corrected chi connectivity index (χ1v) is 11.3. The van der Waals surface area contributed by atoms with Crippen LogP contribution in [0.25, 0.3) is 0 Å². The minimum atomic E-state index is -0.489. The first kappa shape index (κ1) is 25.5. The van der Waals surface area contributed by atoms with Gasteiger partial charge in [-0.25, -0.2) is 9.18 Å². The number of nitrogens with one attached hydrogen (secondary N) is 2. The highest BCUT2D eigenvalue weighted by molar-refractivity contribution is 5.99. The highest BCUT2D eigenvalue weighted by Crippen LogP contribution is 2.29. The summed E-state index contributed by atoms with van der Waals surface area (Å²) in [6, 6.07) is 9.85. The van der Waals surface area contributed by atoms with E-state index in [0.29, 0.717) is 35.8 Å². The lowest BCUT2D eigenvalue weighted by Crippen LogP contribution is -2.47. The molecule has 0 saturated carbocycles. The number of halogens is 1. The number of hydrogen-bond donors (Lipinski definition) is 3. The van der Waals surface area contributed by atoms with Crippen molar-refractivity contribution in [3.8, 4) is 5.75 Å². The van der Waals surface area contributed by atoms with E-state index in [1.807, 2.05) is 32.8 Å². The maximum absolute atomic E-state index is 13.2. The van der Waals surface area contributed by atoms with Crippen LogP contribution in [0.15, 0.2) is 42.5 Å². The largest absolute Gasteiger partial charge is 0.488 e. The molecule has 1 aliphatic rings. The summed E-state index contributed by atoms with van der Waals surface area (Å²) in [5.41, 5.74) is 1.60. The van der Waals surface area contributed by atoms with E-state index in [1.165, 1.54) is 24.3 Å². The molecule has 184 valence electrons. The van der Waals surface area contributed by atoms with Crippen molar-refractivity contribution in [2.75, 3.05) is 44.4 Å². The van der Waals surface area contributed by atoms with Gasteiger partial charge in [-0.3, -0.25) is 4.79 Å². The Kier molecular flexibility index (Phi) is 8.46. The van der Waals surface area contributed by atoms with Gasteiger partial charge in [0.25, 0.3) is 0 Å². The first-order valence-electron chi connectivity index (χ1n) is 11.3. The molecule has 3 atom stereocenters. The van der Waals surface area contributed by atoms with Crippen LogP contribution in [0.2, 0.25) is 0 Å². The van der Waals surface area contributed by atoms with E-state index in [9.17, 15) is 19.1 Å². The van der Waals surface area contributed by atoms with Crippen LogP contribution in [-0.4, -0.2) is 72.8 Å². The van der Waals surface area contributed by atoms with E-state index in [-0.39, 0.29) is 42.8 Å². The number of hydrogen-bond acceptors (Lipinski definition) is 5. The topological polar surface area (TPSA) is 94.1 Å². The van der Waals surface area contributed by atoms with Crippen LogP contribution in [0.3, 0.4) is 0 Å². The van der Waals surface area contributed by atoms with E-state index < -0.39 is 6.03 Å². The van der Waals surface area contributed by atoms with Gasteiger partial charge in [0, 0.05) is 35.9 Å². The van der Waals surface area contributed by atoms with Crippen LogP contribution in [0.1, 0.15) is 19.4 Å². The molecule has 0 fully saturated rings. The summed E-state index contributed by atoms with van der Waals surface area (Å²) >= 11 is 0. The Labute approximate surface area is 199 Å². The van der Waals surface area contributed by atoms with Gasteiger partial charge in [0.15, 0.2) is 0 Å². The molecule has 9 heteroatoms. The number of anilines is 2. The molecule has 0 bridgehead atoms. The van der Waals surface area contributed by atoms with Crippen molar-refractivity contribution >= 4 is 23.3 Å². The van der Waals surface area contributed by atoms with Crippen molar-refractivity contribution in [1.29, 1.82) is 0 Å². The van der Waals surface area contributed by atoms with Gasteiger partial charge in [0.1, 0.15) is 17.7 Å². The zero-order valence-corrected chi connectivity index (χ0v) is 20.0. The normalized spacial score (nSPS) is 19.4. The molecule has 0 aromatic heterocycles. The second-order valence-electron chi connectivity index (χ2n) is 9.06. The smallest absolute Gasteiger partial charge is 0.323 e. The van der Waals surface area contributed by atoms with Crippen LogP contribution < -0.4 is 15.4 Å². The summed E-state index contributed by atoms with van der Waals surface area (Å²) in [4.78, 5) is 29.3. The quantitative estimate of drug-likeness (QED) is 0.601. The molecule has 3 amide bonds. The molecule has 3 rings (SSSR count). The zero-order valence-electron chi connectivity index (χ0n) is 20.0. The van der Waals surface area contributed by atoms with E-state index in [1.54, 1.807) is 23.1 Å². The Morgan fingerprint density at radius 1 is 1.21 bits per heavy atom. The first-order chi connectivity index (χ1) is 16.2. The van der Waals surface area contributed by atoms with Crippen molar-refractivity contribution in [2.24, 2.45) is 5.92 Å². The SMILES string of the molecule is C[C@H](CO)N1C[C@H](C)[C@@H](CN(C)C)Oc2ccc(NC(=O)Nc3ccc(F)cc3)cc2CC1=O. The van der Waals surface area contributed by atoms with E-state index in [2.05, 4.69) is 10.6 Å². The number of amides is 3. The molecule has 2 aromatic carbocycles. The zero-order chi connectivity index (χ0) is 24.8. The van der Waals surface area contributed by atoms with E-state index in [0.717, 1.165) is 0 Å². The maximum atomic E-state index is 13.2. The Morgan fingerprint density at radius 2 is 1.85 bits per heavy atom. The summed E-state index contributed by atoms with van der Waals surface area (Å²) in [5, 5.41) is 15.1. The van der Waals surface area contributed by atoms with Crippen molar-refractivity contribution in [3.63, 3.8) is 0 Å². The summed E-state index contributed by atoms with van der Waals surface area (Å²) in [7, 11) is 3.94. The number of nitrogens with zero attached hydrogens (tertiary/aromatic N) is 2. The van der Waals surface area contributed by atoms with Gasteiger partial charge < -0.3 is 30.3 Å². The Hall–Kier alpha value is -3.17. The molecule has 3 N–H and O–H groups in total. The lowest BCUT2D eigenvalue weighted by molar-refractivity contribution is -0.134. The number of ether oxygens (including phenoxy) is 1. The minimum absolute atomic E-state index is 0.0330. The Bertz CT molecular complexity index is 999. The third-order valence-electron chi connectivity index (χ3n) is 5.82. The number of benzene rings is 2. The standard InChI is InChI=1S/C25H33FN4O4/c1-16-13-30(17(2)15-31)24(32)12-18-11-21(9-10-22(18)34-23(16)14-29(3)4)28-25(33)27-20-7-5-19(26)6-8-20/h5-11,16-17,23,31H,12-15H2,1-4H3,(H2,27,28,33)/t16-,17+,23+/m0/s1. The third kappa shape index (κ3) is 6.68. The Balaban J connectivity index is 1.85. The number of urea groups is 1. The van der Waals surface area contributed by atoms with Crippen LogP contribution in [-0.2, 0) is 11.2 Å². The van der Waals surface area contributed by atoms with Crippen LogP contribution in [0, 0.1) is 11.7 Å².